The molecule has 92 valence electrons. The highest BCUT2D eigenvalue weighted by Gasteiger charge is 2.30. The predicted octanol–water partition coefficient (Wildman–Crippen LogP) is 2.51. The number of rotatable bonds is 3. The molecule has 1 aliphatic rings. The van der Waals surface area contributed by atoms with Crippen LogP contribution >= 0.6 is 11.3 Å². The van der Waals surface area contributed by atoms with Gasteiger partial charge in [0.25, 0.3) is 0 Å². The number of ether oxygens (including phenoxy) is 2. The molecule has 0 spiro atoms. The van der Waals surface area contributed by atoms with Crippen LogP contribution in [0.1, 0.15) is 36.3 Å². The molecule has 4 nitrogen and oxygen atoms in total. The summed E-state index contributed by atoms with van der Waals surface area (Å²) in [4.78, 5) is 15.3. The Kier molecular flexibility index (Phi) is 3.42. The van der Waals surface area contributed by atoms with Crippen molar-refractivity contribution >= 4 is 23.2 Å². The second-order valence-electron chi connectivity index (χ2n) is 4.36. The fourth-order valence-electron chi connectivity index (χ4n) is 1.54. The first kappa shape index (κ1) is 12.4. The van der Waals surface area contributed by atoms with Crippen LogP contribution in [-0.2, 0) is 9.47 Å². The van der Waals surface area contributed by atoms with Crippen molar-refractivity contribution in [3.63, 3.8) is 0 Å². The summed E-state index contributed by atoms with van der Waals surface area (Å²) >= 11 is 1.36. The molecule has 1 saturated heterocycles. The standard InChI is InChI=1S/C12H15NO3S/c1-8(14)11-13-9(7-17-11)4-5-10-6-15-12(2,3)16-10/h4-5,7,10H,6H2,1-3H3/b5-4+/t10-/m0/s1. The van der Waals surface area contributed by atoms with Gasteiger partial charge in [0, 0.05) is 12.3 Å². The van der Waals surface area contributed by atoms with Crippen LogP contribution < -0.4 is 0 Å². The number of hydrogen-bond donors (Lipinski definition) is 0. The van der Waals surface area contributed by atoms with E-state index >= 15 is 0 Å². The molecule has 0 radical (unpaired) electrons. The van der Waals surface area contributed by atoms with Gasteiger partial charge in [-0.1, -0.05) is 6.08 Å². The molecule has 0 saturated carbocycles. The lowest BCUT2D eigenvalue weighted by Crippen LogP contribution is -2.20. The molecule has 2 rings (SSSR count). The van der Waals surface area contributed by atoms with Crippen LogP contribution in [-0.4, -0.2) is 29.3 Å². The van der Waals surface area contributed by atoms with Gasteiger partial charge in [-0.3, -0.25) is 4.79 Å². The number of hydrogen-bond acceptors (Lipinski definition) is 5. The highest BCUT2D eigenvalue weighted by Crippen LogP contribution is 2.23. The molecule has 1 aliphatic heterocycles. The minimum absolute atomic E-state index is 0.00349. The van der Waals surface area contributed by atoms with Gasteiger partial charge in [-0.25, -0.2) is 4.98 Å². The zero-order valence-corrected chi connectivity index (χ0v) is 10.9. The molecule has 2 heterocycles. The normalized spacial score (nSPS) is 23.4. The van der Waals surface area contributed by atoms with Crippen molar-refractivity contribution in [1.29, 1.82) is 0 Å². The maximum Gasteiger partial charge on any atom is 0.188 e. The number of thiazole rings is 1. The Morgan fingerprint density at radius 3 is 2.94 bits per heavy atom. The first-order valence-corrected chi connectivity index (χ1v) is 6.31. The maximum absolute atomic E-state index is 11.1. The topological polar surface area (TPSA) is 48.4 Å². The molecule has 17 heavy (non-hydrogen) atoms. The molecule has 0 amide bonds. The second-order valence-corrected chi connectivity index (χ2v) is 5.22. The summed E-state index contributed by atoms with van der Waals surface area (Å²) in [6, 6.07) is 0. The molecule has 1 fully saturated rings. The van der Waals surface area contributed by atoms with E-state index in [0.717, 1.165) is 5.69 Å². The molecular formula is C12H15NO3S. The van der Waals surface area contributed by atoms with Gasteiger partial charge in [0.1, 0.15) is 6.10 Å². The van der Waals surface area contributed by atoms with E-state index in [1.165, 1.54) is 18.3 Å². The minimum atomic E-state index is -0.512. The zero-order valence-electron chi connectivity index (χ0n) is 10.1. The van der Waals surface area contributed by atoms with E-state index in [2.05, 4.69) is 4.98 Å². The number of ketones is 1. The van der Waals surface area contributed by atoms with Crippen LogP contribution in [0.15, 0.2) is 11.5 Å². The molecule has 0 aromatic carbocycles. The molecule has 0 unspecified atom stereocenters. The van der Waals surface area contributed by atoms with Crippen molar-refractivity contribution < 1.29 is 14.3 Å². The van der Waals surface area contributed by atoms with Gasteiger partial charge in [-0.2, -0.15) is 0 Å². The van der Waals surface area contributed by atoms with E-state index in [9.17, 15) is 4.79 Å². The summed E-state index contributed by atoms with van der Waals surface area (Å²) in [5.41, 5.74) is 0.786. The largest absolute Gasteiger partial charge is 0.347 e. The number of Topliss-reactive ketones (excluding diaryl/α,β-unsaturated/α-hetero) is 1. The Morgan fingerprint density at radius 2 is 2.41 bits per heavy atom. The monoisotopic (exact) mass is 253 g/mol. The van der Waals surface area contributed by atoms with E-state index in [1.54, 1.807) is 0 Å². The van der Waals surface area contributed by atoms with Crippen LogP contribution in [0, 0.1) is 0 Å². The Labute approximate surface area is 104 Å². The average Bonchev–Trinajstić information content (AvgIpc) is 2.81. The molecule has 1 aromatic rings. The van der Waals surface area contributed by atoms with Gasteiger partial charge < -0.3 is 9.47 Å². The van der Waals surface area contributed by atoms with Crippen LogP contribution in [0.4, 0.5) is 0 Å². The summed E-state index contributed by atoms with van der Waals surface area (Å²) < 4.78 is 11.1. The van der Waals surface area contributed by atoms with Crippen LogP contribution in [0.25, 0.3) is 6.08 Å². The summed E-state index contributed by atoms with van der Waals surface area (Å²) in [6.07, 6.45) is 3.72. The van der Waals surface area contributed by atoms with Gasteiger partial charge >= 0.3 is 0 Å². The minimum Gasteiger partial charge on any atom is -0.347 e. The van der Waals surface area contributed by atoms with Crippen molar-refractivity contribution in [2.24, 2.45) is 0 Å². The fourth-order valence-corrected chi connectivity index (χ4v) is 2.23. The first-order chi connectivity index (χ1) is 7.96. The number of carbonyl (C=O) groups excluding carboxylic acids is 1. The van der Waals surface area contributed by atoms with Crippen molar-refractivity contribution in [3.8, 4) is 0 Å². The molecule has 1 aromatic heterocycles. The summed E-state index contributed by atoms with van der Waals surface area (Å²) in [7, 11) is 0. The number of aromatic nitrogens is 1. The quantitative estimate of drug-likeness (QED) is 0.777. The maximum atomic E-state index is 11.1. The van der Waals surface area contributed by atoms with Crippen molar-refractivity contribution in [1.82, 2.24) is 4.98 Å². The third-order valence-corrected chi connectivity index (χ3v) is 3.30. The van der Waals surface area contributed by atoms with Crippen molar-refractivity contribution in [2.45, 2.75) is 32.7 Å². The Bertz CT molecular complexity index is 450. The van der Waals surface area contributed by atoms with Crippen LogP contribution in [0.3, 0.4) is 0 Å². The highest BCUT2D eigenvalue weighted by molar-refractivity contribution is 7.11. The molecular weight excluding hydrogens is 238 g/mol. The lowest BCUT2D eigenvalue weighted by molar-refractivity contribution is -0.133. The Hall–Kier alpha value is -1.04. The average molecular weight is 253 g/mol. The predicted molar refractivity (Wildman–Crippen MR) is 66.1 cm³/mol. The Balaban J connectivity index is 1.98. The van der Waals surface area contributed by atoms with E-state index < -0.39 is 5.79 Å². The van der Waals surface area contributed by atoms with E-state index in [-0.39, 0.29) is 11.9 Å². The summed E-state index contributed by atoms with van der Waals surface area (Å²) in [6.45, 7) is 5.84. The molecule has 0 N–H and O–H groups in total. The fraction of sp³-hybridized carbons (Fsp3) is 0.500. The highest BCUT2D eigenvalue weighted by atomic mass is 32.1. The van der Waals surface area contributed by atoms with E-state index in [4.69, 9.17) is 9.47 Å². The zero-order chi connectivity index (χ0) is 12.5. The third-order valence-electron chi connectivity index (χ3n) is 2.34. The third kappa shape index (κ3) is 3.21. The first-order valence-electron chi connectivity index (χ1n) is 5.43. The van der Waals surface area contributed by atoms with Gasteiger partial charge in [-0.05, 0) is 19.9 Å². The van der Waals surface area contributed by atoms with Gasteiger partial charge in [0.2, 0.25) is 0 Å². The molecule has 1 atom stereocenters. The molecule has 0 bridgehead atoms. The molecule has 5 heteroatoms. The van der Waals surface area contributed by atoms with Crippen molar-refractivity contribution in [3.05, 3.63) is 22.2 Å². The van der Waals surface area contributed by atoms with Crippen molar-refractivity contribution in [2.75, 3.05) is 6.61 Å². The Morgan fingerprint density at radius 1 is 1.65 bits per heavy atom. The second kappa shape index (κ2) is 4.68. The number of carbonyl (C=O) groups is 1. The van der Waals surface area contributed by atoms with E-state index in [0.29, 0.717) is 11.6 Å². The van der Waals surface area contributed by atoms with E-state index in [1.807, 2.05) is 31.4 Å². The number of nitrogens with zero attached hydrogens (tertiary/aromatic N) is 1. The van der Waals surface area contributed by atoms with Gasteiger partial charge in [0.05, 0.1) is 12.3 Å². The van der Waals surface area contributed by atoms with Gasteiger partial charge in [-0.15, -0.1) is 11.3 Å². The van der Waals surface area contributed by atoms with Crippen LogP contribution in [0.5, 0.6) is 0 Å². The summed E-state index contributed by atoms with van der Waals surface area (Å²) in [5.74, 6) is -0.516. The molecule has 0 aliphatic carbocycles. The van der Waals surface area contributed by atoms with Gasteiger partial charge in [0.15, 0.2) is 16.6 Å². The summed E-state index contributed by atoms with van der Waals surface area (Å²) in [5, 5.41) is 2.39. The smallest absolute Gasteiger partial charge is 0.188 e. The SMILES string of the molecule is CC(=O)c1nc(/C=C/[C@H]2COC(C)(C)O2)cs1. The lowest BCUT2D eigenvalue weighted by Gasteiger charge is -2.15. The lowest BCUT2D eigenvalue weighted by atomic mass is 10.3. The van der Waals surface area contributed by atoms with Crippen LogP contribution in [0.2, 0.25) is 0 Å².